The van der Waals surface area contributed by atoms with Crippen LogP contribution in [-0.4, -0.2) is 18.1 Å². The van der Waals surface area contributed by atoms with Crippen LogP contribution in [0.15, 0.2) is 22.9 Å². The van der Waals surface area contributed by atoms with Gasteiger partial charge in [-0.1, -0.05) is 0 Å². The fourth-order valence-electron chi connectivity index (χ4n) is 0.815. The molecule has 0 radical (unpaired) electrons. The summed E-state index contributed by atoms with van der Waals surface area (Å²) in [6.45, 7) is 1.62. The Balaban J connectivity index is 2.37. The Morgan fingerprint density at radius 2 is 2.33 bits per heavy atom. The molecule has 4 heteroatoms. The second-order valence-electron chi connectivity index (χ2n) is 2.44. The van der Waals surface area contributed by atoms with Crippen molar-refractivity contribution in [3.8, 4) is 0 Å². The van der Waals surface area contributed by atoms with Crippen LogP contribution in [0.3, 0.4) is 0 Å². The van der Waals surface area contributed by atoms with Gasteiger partial charge in [0.1, 0.15) is 4.60 Å². The molecule has 0 atom stereocenters. The molecule has 0 amide bonds. The molecule has 0 unspecified atom stereocenters. The number of aromatic nitrogens is 1. The Bertz CT molecular complexity index is 222. The highest BCUT2D eigenvalue weighted by Crippen LogP contribution is 2.09. The zero-order valence-electron chi connectivity index (χ0n) is 6.76. The van der Waals surface area contributed by atoms with Gasteiger partial charge < -0.3 is 11.1 Å². The maximum Gasteiger partial charge on any atom is 0.106 e. The molecular formula is C8H12BrN3. The average Bonchev–Trinajstić information content (AvgIpc) is 2.09. The zero-order chi connectivity index (χ0) is 8.81. The SMILES string of the molecule is NCCCNc1ccc(Br)nc1. The quantitative estimate of drug-likeness (QED) is 0.610. The van der Waals surface area contributed by atoms with Crippen molar-refractivity contribution in [2.75, 3.05) is 18.4 Å². The monoisotopic (exact) mass is 229 g/mol. The van der Waals surface area contributed by atoms with Crippen molar-refractivity contribution in [2.45, 2.75) is 6.42 Å². The van der Waals surface area contributed by atoms with Crippen molar-refractivity contribution >= 4 is 21.6 Å². The van der Waals surface area contributed by atoms with Crippen LogP contribution in [0.5, 0.6) is 0 Å². The van der Waals surface area contributed by atoms with E-state index in [4.69, 9.17) is 5.73 Å². The lowest BCUT2D eigenvalue weighted by Crippen LogP contribution is -2.08. The van der Waals surface area contributed by atoms with Gasteiger partial charge in [-0.2, -0.15) is 0 Å². The molecule has 0 aliphatic heterocycles. The predicted molar refractivity (Wildman–Crippen MR) is 54.1 cm³/mol. The minimum Gasteiger partial charge on any atom is -0.384 e. The summed E-state index contributed by atoms with van der Waals surface area (Å²) >= 11 is 3.27. The van der Waals surface area contributed by atoms with E-state index in [1.807, 2.05) is 12.1 Å². The van der Waals surface area contributed by atoms with Crippen molar-refractivity contribution in [1.82, 2.24) is 4.98 Å². The number of nitrogens with zero attached hydrogens (tertiary/aromatic N) is 1. The van der Waals surface area contributed by atoms with E-state index in [1.54, 1.807) is 6.20 Å². The summed E-state index contributed by atoms with van der Waals surface area (Å²) in [4.78, 5) is 4.08. The molecule has 0 fully saturated rings. The molecule has 1 rings (SSSR count). The van der Waals surface area contributed by atoms with Crippen LogP contribution in [0.25, 0.3) is 0 Å². The average molecular weight is 230 g/mol. The number of hydrogen-bond donors (Lipinski definition) is 2. The highest BCUT2D eigenvalue weighted by atomic mass is 79.9. The lowest BCUT2D eigenvalue weighted by atomic mass is 10.4. The molecule has 0 saturated heterocycles. The second-order valence-corrected chi connectivity index (χ2v) is 3.25. The fourth-order valence-corrected chi connectivity index (χ4v) is 1.05. The maximum absolute atomic E-state index is 5.35. The normalized spacial score (nSPS) is 9.83. The fraction of sp³-hybridized carbons (Fsp3) is 0.375. The Labute approximate surface area is 80.5 Å². The van der Waals surface area contributed by atoms with Crippen LogP contribution < -0.4 is 11.1 Å². The first kappa shape index (κ1) is 9.48. The molecule has 0 spiro atoms. The van der Waals surface area contributed by atoms with Crippen molar-refractivity contribution in [3.05, 3.63) is 22.9 Å². The highest BCUT2D eigenvalue weighted by Gasteiger charge is 1.91. The van der Waals surface area contributed by atoms with Crippen LogP contribution in [-0.2, 0) is 0 Å². The highest BCUT2D eigenvalue weighted by molar-refractivity contribution is 9.10. The Morgan fingerprint density at radius 3 is 2.92 bits per heavy atom. The van der Waals surface area contributed by atoms with Crippen LogP contribution in [0.1, 0.15) is 6.42 Å². The van der Waals surface area contributed by atoms with Crippen LogP contribution >= 0.6 is 15.9 Å². The number of rotatable bonds is 4. The summed E-state index contributed by atoms with van der Waals surface area (Å²) in [5, 5.41) is 3.21. The summed E-state index contributed by atoms with van der Waals surface area (Å²) in [7, 11) is 0. The van der Waals surface area contributed by atoms with Crippen LogP contribution in [0.2, 0.25) is 0 Å². The Morgan fingerprint density at radius 1 is 1.50 bits per heavy atom. The van der Waals surface area contributed by atoms with E-state index in [2.05, 4.69) is 26.2 Å². The smallest absolute Gasteiger partial charge is 0.106 e. The van der Waals surface area contributed by atoms with Gasteiger partial charge in [0.15, 0.2) is 0 Å². The third kappa shape index (κ3) is 3.19. The number of nitrogens with two attached hydrogens (primary N) is 1. The molecule has 0 aromatic carbocycles. The van der Waals surface area contributed by atoms with Gasteiger partial charge in [-0.05, 0) is 41.0 Å². The topological polar surface area (TPSA) is 50.9 Å². The van der Waals surface area contributed by atoms with Crippen molar-refractivity contribution in [2.24, 2.45) is 5.73 Å². The molecular weight excluding hydrogens is 218 g/mol. The molecule has 0 aliphatic carbocycles. The van der Waals surface area contributed by atoms with Gasteiger partial charge in [-0.15, -0.1) is 0 Å². The first-order chi connectivity index (χ1) is 5.83. The van der Waals surface area contributed by atoms with E-state index in [-0.39, 0.29) is 0 Å². The molecule has 12 heavy (non-hydrogen) atoms. The summed E-state index contributed by atoms with van der Waals surface area (Å²) in [6.07, 6.45) is 2.77. The molecule has 0 bridgehead atoms. The maximum atomic E-state index is 5.35. The molecule has 0 saturated carbocycles. The summed E-state index contributed by atoms with van der Waals surface area (Å²) < 4.78 is 0.854. The number of hydrogen-bond acceptors (Lipinski definition) is 3. The summed E-state index contributed by atoms with van der Waals surface area (Å²) in [6, 6.07) is 3.89. The molecule has 1 aromatic heterocycles. The minimum atomic E-state index is 0.719. The summed E-state index contributed by atoms with van der Waals surface area (Å²) in [5.74, 6) is 0. The number of anilines is 1. The van der Waals surface area contributed by atoms with Gasteiger partial charge in [0.05, 0.1) is 11.9 Å². The molecule has 1 aromatic rings. The number of pyridine rings is 1. The second kappa shape index (κ2) is 5.11. The molecule has 0 aliphatic rings. The van der Waals surface area contributed by atoms with E-state index in [0.29, 0.717) is 0 Å². The van der Waals surface area contributed by atoms with Crippen molar-refractivity contribution in [1.29, 1.82) is 0 Å². The third-order valence-electron chi connectivity index (χ3n) is 1.44. The predicted octanol–water partition coefficient (Wildman–Crippen LogP) is 1.60. The van der Waals surface area contributed by atoms with Gasteiger partial charge in [0.25, 0.3) is 0 Å². The molecule has 66 valence electrons. The Hall–Kier alpha value is -0.610. The van der Waals surface area contributed by atoms with Crippen molar-refractivity contribution < 1.29 is 0 Å². The van der Waals surface area contributed by atoms with Crippen LogP contribution in [0, 0.1) is 0 Å². The van der Waals surface area contributed by atoms with Crippen molar-refractivity contribution in [3.63, 3.8) is 0 Å². The third-order valence-corrected chi connectivity index (χ3v) is 1.91. The molecule has 3 nitrogen and oxygen atoms in total. The minimum absolute atomic E-state index is 0.719. The first-order valence-electron chi connectivity index (χ1n) is 3.88. The molecule has 1 heterocycles. The number of nitrogens with one attached hydrogen (secondary N) is 1. The summed E-state index contributed by atoms with van der Waals surface area (Å²) in [5.41, 5.74) is 6.39. The van der Waals surface area contributed by atoms with Gasteiger partial charge >= 0.3 is 0 Å². The van der Waals surface area contributed by atoms with Gasteiger partial charge in [0, 0.05) is 6.54 Å². The van der Waals surface area contributed by atoms with E-state index in [1.165, 1.54) is 0 Å². The van der Waals surface area contributed by atoms with Gasteiger partial charge in [-0.3, -0.25) is 0 Å². The van der Waals surface area contributed by atoms with Gasteiger partial charge in [-0.25, -0.2) is 4.98 Å². The standard InChI is InChI=1S/C8H12BrN3/c9-8-3-2-7(6-12-8)11-5-1-4-10/h2-3,6,11H,1,4-5,10H2. The van der Waals surface area contributed by atoms with E-state index in [0.717, 1.165) is 29.8 Å². The number of halogens is 1. The lowest BCUT2D eigenvalue weighted by Gasteiger charge is -2.03. The zero-order valence-corrected chi connectivity index (χ0v) is 8.34. The van der Waals surface area contributed by atoms with Crippen LogP contribution in [0.4, 0.5) is 5.69 Å². The first-order valence-corrected chi connectivity index (χ1v) is 4.67. The van der Waals surface area contributed by atoms with Gasteiger partial charge in [0.2, 0.25) is 0 Å². The molecule has 3 N–H and O–H groups in total. The Kier molecular flexibility index (Phi) is 4.04. The van der Waals surface area contributed by atoms with E-state index in [9.17, 15) is 0 Å². The lowest BCUT2D eigenvalue weighted by molar-refractivity contribution is 0.873. The van der Waals surface area contributed by atoms with E-state index >= 15 is 0 Å². The van der Waals surface area contributed by atoms with E-state index < -0.39 is 0 Å². The largest absolute Gasteiger partial charge is 0.384 e.